The predicted octanol–water partition coefficient (Wildman–Crippen LogP) is 2.93. The summed E-state index contributed by atoms with van der Waals surface area (Å²) >= 11 is 0. The van der Waals surface area contributed by atoms with Gasteiger partial charge in [0, 0.05) is 29.6 Å². The van der Waals surface area contributed by atoms with E-state index < -0.39 is 0 Å². The van der Waals surface area contributed by atoms with Gasteiger partial charge in [0.05, 0.1) is 6.04 Å². The number of nitrogens with one attached hydrogen (secondary N) is 1. The van der Waals surface area contributed by atoms with Crippen LogP contribution >= 0.6 is 0 Å². The zero-order chi connectivity index (χ0) is 18.0. The van der Waals surface area contributed by atoms with E-state index in [1.165, 1.54) is 5.56 Å². The molecule has 5 heteroatoms. The highest BCUT2D eigenvalue weighted by Crippen LogP contribution is 2.42. The van der Waals surface area contributed by atoms with Gasteiger partial charge in [-0.05, 0) is 38.3 Å². The number of H-pyrrole nitrogens is 1. The van der Waals surface area contributed by atoms with Gasteiger partial charge in [-0.1, -0.05) is 29.8 Å². The van der Waals surface area contributed by atoms with Gasteiger partial charge in [0.25, 0.3) is 0 Å². The van der Waals surface area contributed by atoms with Crippen LogP contribution in [0.25, 0.3) is 10.9 Å². The molecule has 2 fully saturated rings. The molecule has 134 valence electrons. The summed E-state index contributed by atoms with van der Waals surface area (Å²) in [5.74, 6) is 0.231. The van der Waals surface area contributed by atoms with Gasteiger partial charge in [-0.3, -0.25) is 9.59 Å². The molecule has 0 spiro atoms. The molecule has 0 saturated carbocycles. The Morgan fingerprint density at radius 3 is 2.77 bits per heavy atom. The van der Waals surface area contributed by atoms with Crippen molar-refractivity contribution in [1.82, 2.24) is 14.8 Å². The minimum atomic E-state index is -0.385. The van der Waals surface area contributed by atoms with Crippen LogP contribution in [0.1, 0.15) is 44.0 Å². The number of aromatic amines is 1. The summed E-state index contributed by atoms with van der Waals surface area (Å²) in [6, 6.07) is 7.37. The van der Waals surface area contributed by atoms with E-state index in [-0.39, 0.29) is 29.9 Å². The summed E-state index contributed by atoms with van der Waals surface area (Å²) in [7, 11) is 0. The lowest BCUT2D eigenvalue weighted by Crippen LogP contribution is -2.65. The van der Waals surface area contributed by atoms with E-state index in [4.69, 9.17) is 0 Å². The zero-order valence-corrected chi connectivity index (χ0v) is 15.2. The maximum absolute atomic E-state index is 13.3. The molecule has 1 aromatic heterocycles. The molecule has 0 unspecified atom stereocenters. The minimum absolute atomic E-state index is 0.110. The molecule has 3 aliphatic heterocycles. The summed E-state index contributed by atoms with van der Waals surface area (Å²) in [6.45, 7) is 4.81. The fraction of sp³-hybridized carbons (Fsp3) is 0.429. The smallest absolute Gasteiger partial charge is 0.246 e. The Hall–Kier alpha value is -2.56. The molecule has 26 heavy (non-hydrogen) atoms. The Bertz CT molecular complexity index is 953. The molecule has 0 bridgehead atoms. The van der Waals surface area contributed by atoms with Gasteiger partial charge >= 0.3 is 0 Å². The van der Waals surface area contributed by atoms with Crippen molar-refractivity contribution in [2.24, 2.45) is 0 Å². The molecule has 3 atom stereocenters. The van der Waals surface area contributed by atoms with Gasteiger partial charge in [0.2, 0.25) is 11.8 Å². The average molecular weight is 349 g/mol. The number of carbonyl (C=O) groups excluding carboxylic acids is 2. The van der Waals surface area contributed by atoms with Crippen LogP contribution < -0.4 is 0 Å². The van der Waals surface area contributed by atoms with E-state index in [9.17, 15) is 9.59 Å². The molecule has 2 aromatic rings. The van der Waals surface area contributed by atoms with Crippen molar-refractivity contribution in [2.45, 2.75) is 51.2 Å². The standard InChI is InChI=1S/C21H23N3O2/c1-12(2)10-17-19-14(13-6-3-4-7-15(13)22-19)11-18-20(25)23-9-5-8-16(23)21(26)24(17)18/h3-4,6-7,10,16-18,22H,5,8-9,11H2,1-2H3/t16-,17-,18-/m0/s1. The van der Waals surface area contributed by atoms with Gasteiger partial charge < -0.3 is 14.8 Å². The third kappa shape index (κ3) is 2.03. The van der Waals surface area contributed by atoms with E-state index in [0.717, 1.165) is 35.0 Å². The van der Waals surface area contributed by atoms with Crippen molar-refractivity contribution in [2.75, 3.05) is 6.54 Å². The Morgan fingerprint density at radius 2 is 1.96 bits per heavy atom. The number of aromatic nitrogens is 1. The van der Waals surface area contributed by atoms with Crippen molar-refractivity contribution in [3.05, 3.63) is 47.2 Å². The molecular weight excluding hydrogens is 326 g/mol. The van der Waals surface area contributed by atoms with Gasteiger partial charge in [-0.2, -0.15) is 0 Å². The summed E-state index contributed by atoms with van der Waals surface area (Å²) < 4.78 is 0. The number of allylic oxidation sites excluding steroid dienone is 1. The quantitative estimate of drug-likeness (QED) is 0.805. The number of nitrogens with zero attached hydrogens (tertiary/aromatic N) is 2. The normalized spacial score (nSPS) is 27.4. The first-order valence-electron chi connectivity index (χ1n) is 9.43. The molecule has 3 aliphatic rings. The highest BCUT2D eigenvalue weighted by Gasteiger charge is 2.52. The maximum Gasteiger partial charge on any atom is 0.246 e. The van der Waals surface area contributed by atoms with Crippen molar-refractivity contribution >= 4 is 22.7 Å². The van der Waals surface area contributed by atoms with E-state index >= 15 is 0 Å². The lowest BCUT2D eigenvalue weighted by molar-refractivity contribution is -0.162. The van der Waals surface area contributed by atoms with Crippen molar-refractivity contribution in [1.29, 1.82) is 0 Å². The number of benzene rings is 1. The fourth-order valence-electron chi connectivity index (χ4n) is 4.94. The molecule has 0 radical (unpaired) electrons. The van der Waals surface area contributed by atoms with E-state index in [1.807, 2.05) is 35.8 Å². The van der Waals surface area contributed by atoms with Crippen LogP contribution in [0.4, 0.5) is 0 Å². The van der Waals surface area contributed by atoms with Crippen molar-refractivity contribution < 1.29 is 9.59 Å². The second-order valence-corrected chi connectivity index (χ2v) is 7.91. The lowest BCUT2D eigenvalue weighted by atomic mass is 9.87. The first-order valence-corrected chi connectivity index (χ1v) is 9.43. The van der Waals surface area contributed by atoms with Crippen LogP contribution in [0.3, 0.4) is 0 Å². The molecule has 0 aliphatic carbocycles. The third-order valence-corrected chi connectivity index (χ3v) is 6.03. The largest absolute Gasteiger partial charge is 0.356 e. The molecule has 2 saturated heterocycles. The van der Waals surface area contributed by atoms with Gasteiger partial charge in [0.1, 0.15) is 12.1 Å². The van der Waals surface area contributed by atoms with Crippen LogP contribution in [0.5, 0.6) is 0 Å². The van der Waals surface area contributed by atoms with Gasteiger partial charge in [-0.15, -0.1) is 0 Å². The van der Waals surface area contributed by atoms with Crippen LogP contribution in [0, 0.1) is 0 Å². The number of piperazine rings is 1. The number of amides is 2. The summed E-state index contributed by atoms with van der Waals surface area (Å²) in [5.41, 5.74) is 4.47. The number of rotatable bonds is 1. The second-order valence-electron chi connectivity index (χ2n) is 7.91. The Balaban J connectivity index is 1.72. The minimum Gasteiger partial charge on any atom is -0.356 e. The number of para-hydroxylation sites is 1. The molecule has 5 nitrogen and oxygen atoms in total. The lowest BCUT2D eigenvalue weighted by Gasteiger charge is -2.47. The second kappa shape index (κ2) is 5.47. The molecule has 1 N–H and O–H groups in total. The molecule has 5 rings (SSSR count). The summed E-state index contributed by atoms with van der Waals surface area (Å²) in [4.78, 5) is 33.7. The monoisotopic (exact) mass is 349 g/mol. The molecule has 4 heterocycles. The molecule has 1 aromatic carbocycles. The highest BCUT2D eigenvalue weighted by molar-refractivity contribution is 5.99. The predicted molar refractivity (Wildman–Crippen MR) is 99.5 cm³/mol. The Labute approximate surface area is 152 Å². The van der Waals surface area contributed by atoms with Crippen LogP contribution in [0.15, 0.2) is 35.9 Å². The molecule has 2 amide bonds. The summed E-state index contributed by atoms with van der Waals surface area (Å²) in [5, 5.41) is 1.16. The first-order chi connectivity index (χ1) is 12.6. The van der Waals surface area contributed by atoms with Gasteiger partial charge in [0.15, 0.2) is 0 Å². The number of fused-ring (bicyclic) bond motifs is 5. The highest BCUT2D eigenvalue weighted by atomic mass is 16.2. The van der Waals surface area contributed by atoms with Gasteiger partial charge in [-0.25, -0.2) is 0 Å². The zero-order valence-electron chi connectivity index (χ0n) is 15.2. The molecular formula is C21H23N3O2. The van der Waals surface area contributed by atoms with E-state index in [1.54, 1.807) is 0 Å². The third-order valence-electron chi connectivity index (χ3n) is 6.03. The fourth-order valence-corrected chi connectivity index (χ4v) is 4.94. The van der Waals surface area contributed by atoms with Crippen molar-refractivity contribution in [3.63, 3.8) is 0 Å². The number of hydrogen-bond acceptors (Lipinski definition) is 2. The van der Waals surface area contributed by atoms with Crippen LogP contribution in [-0.2, 0) is 16.0 Å². The van der Waals surface area contributed by atoms with Crippen LogP contribution in [0.2, 0.25) is 0 Å². The topological polar surface area (TPSA) is 56.4 Å². The van der Waals surface area contributed by atoms with Crippen LogP contribution in [-0.4, -0.2) is 45.2 Å². The number of hydrogen-bond donors (Lipinski definition) is 1. The maximum atomic E-state index is 13.3. The van der Waals surface area contributed by atoms with E-state index in [2.05, 4.69) is 23.2 Å². The summed E-state index contributed by atoms with van der Waals surface area (Å²) in [6.07, 6.45) is 4.43. The van der Waals surface area contributed by atoms with Crippen molar-refractivity contribution in [3.8, 4) is 0 Å². The Kier molecular flexibility index (Phi) is 3.30. The first kappa shape index (κ1) is 15.7. The SMILES string of the molecule is CC(C)=C[C@H]1c2[nH]c3ccccc3c2C[C@H]2C(=O)N3CCC[C@H]3C(=O)N21. The Morgan fingerprint density at radius 1 is 1.15 bits per heavy atom. The average Bonchev–Trinajstić information content (AvgIpc) is 3.24. The van der Waals surface area contributed by atoms with E-state index in [0.29, 0.717) is 13.0 Å². The number of carbonyl (C=O) groups is 2.